The quantitative estimate of drug-likeness (QED) is 0.598. The van der Waals surface area contributed by atoms with E-state index in [1.54, 1.807) is 0 Å². The Bertz CT molecular complexity index is 494. The van der Waals surface area contributed by atoms with Crippen LogP contribution >= 0.6 is 0 Å². The number of halogens is 1. The molecule has 2 rings (SSSR count). The van der Waals surface area contributed by atoms with Crippen molar-refractivity contribution in [3.8, 4) is 11.4 Å². The van der Waals surface area contributed by atoms with Crippen LogP contribution in [0.15, 0.2) is 24.3 Å². The van der Waals surface area contributed by atoms with Crippen LogP contribution < -0.4 is 0 Å². The number of aromatic nitrogens is 3. The zero-order valence-corrected chi connectivity index (χ0v) is 7.35. The third kappa shape index (κ3) is 1.80. The highest BCUT2D eigenvalue weighted by Crippen LogP contribution is 2.16. The summed E-state index contributed by atoms with van der Waals surface area (Å²) in [5.41, 5.74) is 0.515. The number of hydrogen-bond acceptors (Lipinski definition) is 4. The first kappa shape index (κ1) is 9.25. The molecule has 1 aromatic carbocycles. The van der Waals surface area contributed by atoms with Crippen molar-refractivity contribution in [2.45, 2.75) is 0 Å². The van der Waals surface area contributed by atoms with E-state index >= 15 is 0 Å². The Hall–Kier alpha value is -2.31. The Balaban J connectivity index is 2.37. The number of nitro groups is 1. The Morgan fingerprint density at radius 3 is 2.53 bits per heavy atom. The second-order valence-electron chi connectivity index (χ2n) is 2.75. The first-order valence-corrected chi connectivity index (χ1v) is 3.99. The second kappa shape index (κ2) is 3.45. The topological polar surface area (TPSA) is 84.7 Å². The predicted molar refractivity (Wildman–Crippen MR) is 48.4 cm³/mol. The summed E-state index contributed by atoms with van der Waals surface area (Å²) < 4.78 is 12.6. The monoisotopic (exact) mass is 208 g/mol. The van der Waals surface area contributed by atoms with Crippen LogP contribution in [0.5, 0.6) is 0 Å². The molecule has 15 heavy (non-hydrogen) atoms. The number of H-pyrrole nitrogens is 1. The lowest BCUT2D eigenvalue weighted by molar-refractivity contribution is -0.394. The highest BCUT2D eigenvalue weighted by Gasteiger charge is 2.15. The Kier molecular flexibility index (Phi) is 2.13. The number of nitrogens with one attached hydrogen (secondary N) is 1. The highest BCUT2D eigenvalue weighted by molar-refractivity contribution is 5.54. The van der Waals surface area contributed by atoms with Crippen molar-refractivity contribution in [3.63, 3.8) is 0 Å². The molecular formula is C8H5FN4O2. The average Bonchev–Trinajstić information content (AvgIpc) is 2.68. The van der Waals surface area contributed by atoms with Crippen LogP contribution in [-0.4, -0.2) is 20.1 Å². The molecule has 76 valence electrons. The summed E-state index contributed by atoms with van der Waals surface area (Å²) in [5.74, 6) is -0.653. The Morgan fingerprint density at radius 1 is 1.33 bits per heavy atom. The van der Waals surface area contributed by atoms with E-state index in [0.717, 1.165) is 0 Å². The first-order valence-electron chi connectivity index (χ1n) is 3.99. The van der Waals surface area contributed by atoms with Crippen molar-refractivity contribution in [1.29, 1.82) is 0 Å². The summed E-state index contributed by atoms with van der Waals surface area (Å²) in [6.07, 6.45) is 0. The minimum atomic E-state index is -0.681. The van der Waals surface area contributed by atoms with Gasteiger partial charge in [-0.25, -0.2) is 4.39 Å². The fourth-order valence-electron chi connectivity index (χ4n) is 1.06. The van der Waals surface area contributed by atoms with Gasteiger partial charge in [0.2, 0.25) is 0 Å². The molecule has 0 fully saturated rings. The van der Waals surface area contributed by atoms with Crippen LogP contribution in [0, 0.1) is 15.9 Å². The minimum absolute atomic E-state index is 0.168. The molecule has 0 aliphatic heterocycles. The van der Waals surface area contributed by atoms with Crippen LogP contribution in [0.2, 0.25) is 0 Å². The summed E-state index contributed by atoms with van der Waals surface area (Å²) in [6, 6.07) is 5.36. The third-order valence-electron chi connectivity index (χ3n) is 1.75. The van der Waals surface area contributed by atoms with E-state index < -0.39 is 10.9 Å². The van der Waals surface area contributed by atoms with Gasteiger partial charge >= 0.3 is 5.95 Å². The average molecular weight is 208 g/mol. The third-order valence-corrected chi connectivity index (χ3v) is 1.75. The summed E-state index contributed by atoms with van der Waals surface area (Å²) in [7, 11) is 0. The van der Waals surface area contributed by atoms with Crippen LogP contribution in [0.3, 0.4) is 0 Å². The lowest BCUT2D eigenvalue weighted by Crippen LogP contribution is -1.89. The molecule has 7 heteroatoms. The van der Waals surface area contributed by atoms with Gasteiger partial charge in [0.1, 0.15) is 5.82 Å². The molecule has 0 saturated carbocycles. The van der Waals surface area contributed by atoms with Crippen molar-refractivity contribution in [1.82, 2.24) is 15.2 Å². The van der Waals surface area contributed by atoms with E-state index in [9.17, 15) is 14.5 Å². The fourth-order valence-corrected chi connectivity index (χ4v) is 1.06. The Morgan fingerprint density at radius 2 is 2.00 bits per heavy atom. The van der Waals surface area contributed by atoms with Gasteiger partial charge in [-0.3, -0.25) is 0 Å². The predicted octanol–water partition coefficient (Wildman–Crippen LogP) is 1.52. The van der Waals surface area contributed by atoms with E-state index in [4.69, 9.17) is 0 Å². The molecule has 6 nitrogen and oxygen atoms in total. The van der Waals surface area contributed by atoms with Crippen molar-refractivity contribution in [2.24, 2.45) is 0 Å². The van der Waals surface area contributed by atoms with E-state index in [1.807, 2.05) is 0 Å². The lowest BCUT2D eigenvalue weighted by atomic mass is 10.2. The molecule has 0 aliphatic rings. The number of nitrogens with zero attached hydrogens (tertiary/aromatic N) is 3. The molecule has 0 spiro atoms. The van der Waals surface area contributed by atoms with Crippen LogP contribution in [0.1, 0.15) is 0 Å². The number of rotatable bonds is 2. The SMILES string of the molecule is O=[N+]([O-])c1nc(-c2ccc(F)cc2)n[nH]1. The summed E-state index contributed by atoms with van der Waals surface area (Å²) in [4.78, 5) is 13.3. The molecule has 0 radical (unpaired) electrons. The van der Waals surface area contributed by atoms with E-state index in [1.165, 1.54) is 24.3 Å². The standard InChI is InChI=1S/C8H5FN4O2/c9-6-3-1-5(2-4-6)7-10-8(12-11-7)13(14)15/h1-4H,(H,10,11,12). The molecule has 1 aromatic heterocycles. The van der Waals surface area contributed by atoms with Gasteiger partial charge in [-0.15, -0.1) is 5.10 Å². The van der Waals surface area contributed by atoms with Crippen molar-refractivity contribution >= 4 is 5.95 Å². The van der Waals surface area contributed by atoms with Crippen LogP contribution in [0.4, 0.5) is 10.3 Å². The van der Waals surface area contributed by atoms with Crippen LogP contribution in [0.25, 0.3) is 11.4 Å². The lowest BCUT2D eigenvalue weighted by Gasteiger charge is -1.90. The maximum atomic E-state index is 12.6. The Labute approximate surface area is 82.9 Å². The summed E-state index contributed by atoms with van der Waals surface area (Å²) in [6.45, 7) is 0. The van der Waals surface area contributed by atoms with Crippen molar-refractivity contribution in [2.75, 3.05) is 0 Å². The van der Waals surface area contributed by atoms with Gasteiger partial charge in [0.15, 0.2) is 0 Å². The fraction of sp³-hybridized carbons (Fsp3) is 0. The maximum Gasteiger partial charge on any atom is 0.453 e. The van der Waals surface area contributed by atoms with Crippen LogP contribution in [-0.2, 0) is 0 Å². The molecule has 0 bridgehead atoms. The minimum Gasteiger partial charge on any atom is -0.390 e. The van der Waals surface area contributed by atoms with Gasteiger partial charge in [0.25, 0.3) is 5.82 Å². The first-order chi connectivity index (χ1) is 7.16. The van der Waals surface area contributed by atoms with E-state index in [-0.39, 0.29) is 11.6 Å². The highest BCUT2D eigenvalue weighted by atomic mass is 19.1. The van der Waals surface area contributed by atoms with Crippen molar-refractivity contribution < 1.29 is 9.31 Å². The number of benzene rings is 1. The maximum absolute atomic E-state index is 12.6. The molecule has 2 aromatic rings. The molecule has 0 saturated heterocycles. The molecule has 0 aliphatic carbocycles. The largest absolute Gasteiger partial charge is 0.453 e. The van der Waals surface area contributed by atoms with Gasteiger partial charge < -0.3 is 10.1 Å². The molecule has 1 heterocycles. The smallest absolute Gasteiger partial charge is 0.390 e. The zero-order chi connectivity index (χ0) is 10.8. The van der Waals surface area contributed by atoms with E-state index in [0.29, 0.717) is 5.56 Å². The van der Waals surface area contributed by atoms with Gasteiger partial charge in [-0.2, -0.15) is 0 Å². The molecule has 0 unspecified atom stereocenters. The summed E-state index contributed by atoms with van der Waals surface area (Å²) >= 11 is 0. The zero-order valence-electron chi connectivity index (χ0n) is 7.35. The van der Waals surface area contributed by atoms with Gasteiger partial charge in [-0.1, -0.05) is 5.10 Å². The van der Waals surface area contributed by atoms with Crippen molar-refractivity contribution in [3.05, 3.63) is 40.2 Å². The number of aromatic amines is 1. The number of hydrogen-bond donors (Lipinski definition) is 1. The molecular weight excluding hydrogens is 203 g/mol. The molecule has 0 atom stereocenters. The van der Waals surface area contributed by atoms with E-state index in [2.05, 4.69) is 15.2 Å². The van der Waals surface area contributed by atoms with Gasteiger partial charge in [-0.05, 0) is 34.2 Å². The molecule has 1 N–H and O–H groups in total. The second-order valence-corrected chi connectivity index (χ2v) is 2.75. The van der Waals surface area contributed by atoms with Gasteiger partial charge in [0, 0.05) is 5.56 Å². The summed E-state index contributed by atoms with van der Waals surface area (Å²) in [5, 5.41) is 16.1. The normalized spacial score (nSPS) is 10.2. The molecule has 0 amide bonds. The van der Waals surface area contributed by atoms with Gasteiger partial charge in [0.05, 0.1) is 0 Å².